The van der Waals surface area contributed by atoms with E-state index in [0.717, 1.165) is 19.1 Å². The first-order chi connectivity index (χ1) is 9.63. The maximum absolute atomic E-state index is 7.48. The van der Waals surface area contributed by atoms with Gasteiger partial charge in [0.1, 0.15) is 11.5 Å². The van der Waals surface area contributed by atoms with E-state index in [4.69, 9.17) is 11.1 Å². The van der Waals surface area contributed by atoms with Gasteiger partial charge in [0.05, 0.1) is 0 Å². The van der Waals surface area contributed by atoms with Crippen LogP contribution < -0.4 is 5.73 Å². The smallest absolute Gasteiger partial charge is 0.141 e. The Morgan fingerprint density at radius 1 is 1.50 bits per heavy atom. The molecule has 2 saturated heterocycles. The first kappa shape index (κ1) is 13.5. The molecule has 2 fully saturated rings. The number of nitrogens with zero attached hydrogens (tertiary/aromatic N) is 3. The van der Waals surface area contributed by atoms with Crippen molar-refractivity contribution in [3.05, 3.63) is 29.6 Å². The van der Waals surface area contributed by atoms with Crippen LogP contribution in [-0.4, -0.2) is 52.3 Å². The van der Waals surface area contributed by atoms with Crippen molar-refractivity contribution in [3.8, 4) is 0 Å². The van der Waals surface area contributed by atoms with E-state index in [9.17, 15) is 0 Å². The summed E-state index contributed by atoms with van der Waals surface area (Å²) in [5.41, 5.74) is 7.29. The molecule has 2 aliphatic heterocycles. The number of hydrogen-bond donors (Lipinski definition) is 2. The molecular weight excluding hydrogens is 250 g/mol. The molecule has 0 amide bonds. The van der Waals surface area contributed by atoms with Crippen LogP contribution in [0.1, 0.15) is 31.0 Å². The summed E-state index contributed by atoms with van der Waals surface area (Å²) in [5, 5.41) is 7.48. The molecule has 3 heterocycles. The first-order valence-electron chi connectivity index (χ1n) is 7.41. The number of fused-ring (bicyclic) bond motifs is 1. The summed E-state index contributed by atoms with van der Waals surface area (Å²) in [4.78, 5) is 9.31. The minimum Gasteiger partial charge on any atom is -0.382 e. The van der Waals surface area contributed by atoms with Crippen molar-refractivity contribution in [2.45, 2.75) is 38.4 Å². The van der Waals surface area contributed by atoms with Gasteiger partial charge in [0, 0.05) is 37.9 Å². The normalized spacial score (nSPS) is 27.4. The van der Waals surface area contributed by atoms with E-state index in [-0.39, 0.29) is 5.84 Å². The molecular formula is C15H23N5. The number of piperazine rings is 1. The average molecular weight is 273 g/mol. The molecule has 0 radical (unpaired) electrons. The highest BCUT2D eigenvalue weighted by atomic mass is 15.3. The summed E-state index contributed by atoms with van der Waals surface area (Å²) in [5.74, 6) is 0.0421. The fourth-order valence-corrected chi connectivity index (χ4v) is 3.42. The van der Waals surface area contributed by atoms with Crippen LogP contribution in [0.3, 0.4) is 0 Å². The Morgan fingerprint density at radius 2 is 2.35 bits per heavy atom. The Bertz CT molecular complexity index is 501. The maximum atomic E-state index is 7.48. The van der Waals surface area contributed by atoms with Crippen LogP contribution in [0.15, 0.2) is 18.3 Å². The molecule has 0 aromatic carbocycles. The van der Waals surface area contributed by atoms with Gasteiger partial charge in [-0.15, -0.1) is 0 Å². The van der Waals surface area contributed by atoms with E-state index in [1.54, 1.807) is 6.20 Å². The number of nitrogens with one attached hydrogen (secondary N) is 1. The second-order valence-corrected chi connectivity index (χ2v) is 6.03. The van der Waals surface area contributed by atoms with E-state index in [1.165, 1.54) is 31.5 Å². The molecule has 0 bridgehead atoms. The molecule has 1 aromatic rings. The third-order valence-corrected chi connectivity index (χ3v) is 4.55. The number of hydrogen-bond acceptors (Lipinski definition) is 4. The van der Waals surface area contributed by atoms with Crippen molar-refractivity contribution in [2.24, 2.45) is 5.73 Å². The Morgan fingerprint density at radius 3 is 3.15 bits per heavy atom. The van der Waals surface area contributed by atoms with Crippen LogP contribution in [0.4, 0.5) is 0 Å². The third kappa shape index (κ3) is 2.69. The third-order valence-electron chi connectivity index (χ3n) is 4.55. The van der Waals surface area contributed by atoms with Crippen molar-refractivity contribution >= 4 is 5.84 Å². The molecule has 0 saturated carbocycles. The monoisotopic (exact) mass is 273 g/mol. The molecule has 0 aliphatic carbocycles. The van der Waals surface area contributed by atoms with Crippen molar-refractivity contribution in [1.82, 2.24) is 14.8 Å². The van der Waals surface area contributed by atoms with Gasteiger partial charge in [-0.2, -0.15) is 0 Å². The van der Waals surface area contributed by atoms with Crippen molar-refractivity contribution < 1.29 is 0 Å². The lowest BCUT2D eigenvalue weighted by Gasteiger charge is -2.42. The summed E-state index contributed by atoms with van der Waals surface area (Å²) in [7, 11) is 0. The fraction of sp³-hybridized carbons (Fsp3) is 0.600. The number of nitrogen functional groups attached to an aromatic ring is 1. The van der Waals surface area contributed by atoms with E-state index in [0.29, 0.717) is 11.7 Å². The van der Waals surface area contributed by atoms with Crippen LogP contribution in [0.5, 0.6) is 0 Å². The van der Waals surface area contributed by atoms with E-state index < -0.39 is 0 Å². The Hall–Kier alpha value is -1.46. The van der Waals surface area contributed by atoms with Gasteiger partial charge in [0.15, 0.2) is 0 Å². The molecule has 2 aliphatic rings. The lowest BCUT2D eigenvalue weighted by atomic mass is 10.1. The summed E-state index contributed by atoms with van der Waals surface area (Å²) in [6.07, 6.45) is 4.43. The molecule has 108 valence electrons. The SMILES string of the molecule is CC1CN2CCCC2CN1Cc1ccnc(C(=N)N)c1. The number of rotatable bonds is 3. The topological polar surface area (TPSA) is 69.2 Å². The Labute approximate surface area is 120 Å². The molecule has 3 rings (SSSR count). The van der Waals surface area contributed by atoms with Gasteiger partial charge in [-0.25, -0.2) is 0 Å². The van der Waals surface area contributed by atoms with Gasteiger partial charge in [0.25, 0.3) is 0 Å². The maximum Gasteiger partial charge on any atom is 0.141 e. The zero-order valence-corrected chi connectivity index (χ0v) is 12.0. The van der Waals surface area contributed by atoms with Crippen LogP contribution >= 0.6 is 0 Å². The minimum absolute atomic E-state index is 0.0421. The highest BCUT2D eigenvalue weighted by Crippen LogP contribution is 2.25. The second kappa shape index (κ2) is 5.50. The summed E-state index contributed by atoms with van der Waals surface area (Å²) < 4.78 is 0. The summed E-state index contributed by atoms with van der Waals surface area (Å²) in [6, 6.07) is 5.29. The molecule has 0 spiro atoms. The Kier molecular flexibility index (Phi) is 3.72. The van der Waals surface area contributed by atoms with E-state index in [1.807, 2.05) is 12.1 Å². The number of pyridine rings is 1. The minimum atomic E-state index is 0.0421. The van der Waals surface area contributed by atoms with Gasteiger partial charge < -0.3 is 5.73 Å². The zero-order chi connectivity index (χ0) is 14.1. The van der Waals surface area contributed by atoms with Gasteiger partial charge >= 0.3 is 0 Å². The summed E-state index contributed by atoms with van der Waals surface area (Å²) in [6.45, 7) is 6.83. The highest BCUT2D eigenvalue weighted by Gasteiger charge is 2.34. The highest BCUT2D eigenvalue weighted by molar-refractivity contribution is 5.93. The Balaban J connectivity index is 1.70. The lowest BCUT2D eigenvalue weighted by Crippen LogP contribution is -2.54. The molecule has 1 aromatic heterocycles. The van der Waals surface area contributed by atoms with Gasteiger partial charge in [-0.05, 0) is 44.0 Å². The molecule has 5 nitrogen and oxygen atoms in total. The summed E-state index contributed by atoms with van der Waals surface area (Å²) >= 11 is 0. The zero-order valence-electron chi connectivity index (χ0n) is 12.0. The quantitative estimate of drug-likeness (QED) is 0.637. The fourth-order valence-electron chi connectivity index (χ4n) is 3.42. The van der Waals surface area contributed by atoms with Crippen molar-refractivity contribution in [1.29, 1.82) is 5.41 Å². The second-order valence-electron chi connectivity index (χ2n) is 6.03. The van der Waals surface area contributed by atoms with Gasteiger partial charge in [0.2, 0.25) is 0 Å². The van der Waals surface area contributed by atoms with E-state index in [2.05, 4.69) is 21.7 Å². The predicted octanol–water partition coefficient (Wildman–Crippen LogP) is 1.03. The van der Waals surface area contributed by atoms with Crippen LogP contribution in [0, 0.1) is 5.41 Å². The van der Waals surface area contributed by atoms with Gasteiger partial charge in [-0.3, -0.25) is 20.2 Å². The largest absolute Gasteiger partial charge is 0.382 e. The molecule has 3 N–H and O–H groups in total. The predicted molar refractivity (Wildman–Crippen MR) is 79.7 cm³/mol. The molecule has 2 atom stereocenters. The first-order valence-corrected chi connectivity index (χ1v) is 7.41. The lowest BCUT2D eigenvalue weighted by molar-refractivity contribution is 0.0540. The molecule has 2 unspecified atom stereocenters. The van der Waals surface area contributed by atoms with Crippen LogP contribution in [0.25, 0.3) is 0 Å². The van der Waals surface area contributed by atoms with E-state index >= 15 is 0 Å². The van der Waals surface area contributed by atoms with Crippen molar-refractivity contribution in [3.63, 3.8) is 0 Å². The standard InChI is InChI=1S/C15H23N5/c1-11-8-19-6-2-3-13(19)10-20(11)9-12-4-5-18-14(7-12)15(16)17/h4-5,7,11,13H,2-3,6,8-10H2,1H3,(H3,16,17). The molecule has 20 heavy (non-hydrogen) atoms. The van der Waals surface area contributed by atoms with Gasteiger partial charge in [-0.1, -0.05) is 0 Å². The van der Waals surface area contributed by atoms with Crippen molar-refractivity contribution in [2.75, 3.05) is 19.6 Å². The van der Waals surface area contributed by atoms with Crippen LogP contribution in [-0.2, 0) is 6.54 Å². The average Bonchev–Trinajstić information content (AvgIpc) is 2.86. The van der Waals surface area contributed by atoms with Crippen LogP contribution in [0.2, 0.25) is 0 Å². The number of nitrogens with two attached hydrogens (primary N) is 1. The number of aromatic nitrogens is 1. The number of amidine groups is 1. The molecule has 5 heteroatoms.